The molecule has 3 aromatic rings. The van der Waals surface area contributed by atoms with Gasteiger partial charge in [-0.05, 0) is 69.8 Å². The lowest BCUT2D eigenvalue weighted by Crippen LogP contribution is -2.10. The summed E-state index contributed by atoms with van der Waals surface area (Å²) >= 11 is 0. The topological polar surface area (TPSA) is 40.5 Å². The van der Waals surface area contributed by atoms with Gasteiger partial charge in [0.05, 0.1) is 5.56 Å². The molecule has 2 nitrogen and oxygen atoms in total. The van der Waals surface area contributed by atoms with Gasteiger partial charge in [-0.15, -0.1) is 0 Å². The van der Waals surface area contributed by atoms with Crippen LogP contribution in [-0.4, -0.2) is 10.2 Å². The Bertz CT molecular complexity index is 959. The van der Waals surface area contributed by atoms with Crippen molar-refractivity contribution in [3.05, 3.63) is 59.2 Å². The van der Waals surface area contributed by atoms with Crippen LogP contribution in [0.2, 0.25) is 0 Å². The number of phenols is 2. The Balaban J connectivity index is 2.12. The number of hydrogen-bond acceptors (Lipinski definition) is 2. The molecule has 0 fully saturated rings. The Morgan fingerprint density at radius 1 is 0.826 bits per heavy atom. The molecule has 1 aliphatic carbocycles. The van der Waals surface area contributed by atoms with Crippen molar-refractivity contribution in [3.8, 4) is 22.6 Å². The van der Waals surface area contributed by atoms with E-state index in [-0.39, 0.29) is 28.9 Å². The average molecular weight is 316 g/mol. The van der Waals surface area contributed by atoms with Gasteiger partial charge in [-0.3, -0.25) is 0 Å². The second-order valence-electron chi connectivity index (χ2n) is 5.70. The van der Waals surface area contributed by atoms with E-state index in [0.29, 0.717) is 22.1 Å². The maximum Gasteiger partial charge on any atom is 0.417 e. The third-order valence-corrected chi connectivity index (χ3v) is 4.26. The summed E-state index contributed by atoms with van der Waals surface area (Å²) in [5.41, 5.74) is 1.39. The minimum atomic E-state index is -4.53. The lowest BCUT2D eigenvalue weighted by atomic mass is 9.93. The lowest BCUT2D eigenvalue weighted by Gasteiger charge is -2.16. The predicted octanol–water partition coefficient (Wildman–Crippen LogP) is 4.84. The van der Waals surface area contributed by atoms with Crippen LogP contribution in [0.3, 0.4) is 0 Å². The number of alkyl halides is 3. The molecule has 1 aliphatic rings. The van der Waals surface area contributed by atoms with Gasteiger partial charge in [-0.1, -0.05) is 12.1 Å². The van der Waals surface area contributed by atoms with Crippen molar-refractivity contribution in [2.75, 3.05) is 0 Å². The third-order valence-electron chi connectivity index (χ3n) is 4.26. The molecule has 0 unspecified atom stereocenters. The van der Waals surface area contributed by atoms with E-state index >= 15 is 0 Å². The molecule has 0 saturated carbocycles. The first-order chi connectivity index (χ1) is 10.8. The standard InChI is InChI=1S/C18H11F3O2/c19-18(20,21)17-14-8-12(23)2-1-9(14)6-15-13-4-3-11(22)5-10(13)7-16(15)17/h1-6,8,22-23H,7H2. The molecule has 0 bridgehead atoms. The minimum Gasteiger partial charge on any atom is -0.508 e. The highest BCUT2D eigenvalue weighted by atomic mass is 19.4. The van der Waals surface area contributed by atoms with Crippen LogP contribution in [0.5, 0.6) is 11.5 Å². The van der Waals surface area contributed by atoms with Gasteiger partial charge in [0.25, 0.3) is 0 Å². The maximum absolute atomic E-state index is 13.7. The van der Waals surface area contributed by atoms with Gasteiger partial charge in [-0.2, -0.15) is 13.2 Å². The number of benzene rings is 3. The van der Waals surface area contributed by atoms with Crippen LogP contribution >= 0.6 is 0 Å². The molecule has 0 atom stereocenters. The molecule has 2 N–H and O–H groups in total. The van der Waals surface area contributed by atoms with E-state index in [2.05, 4.69) is 0 Å². The zero-order valence-corrected chi connectivity index (χ0v) is 11.8. The van der Waals surface area contributed by atoms with Crippen molar-refractivity contribution >= 4 is 10.8 Å². The van der Waals surface area contributed by atoms with E-state index in [1.807, 2.05) is 0 Å². The smallest absolute Gasteiger partial charge is 0.417 e. The fourth-order valence-corrected chi connectivity index (χ4v) is 3.35. The number of aromatic hydroxyl groups is 2. The van der Waals surface area contributed by atoms with E-state index < -0.39 is 11.7 Å². The SMILES string of the molecule is Oc1ccc2c(c1)Cc1c-2cc2ccc(O)cc2c1C(F)(F)F. The minimum absolute atomic E-state index is 0.00622. The molecule has 0 saturated heterocycles. The monoisotopic (exact) mass is 316 g/mol. The summed E-state index contributed by atoms with van der Waals surface area (Å²) in [6.45, 7) is 0. The number of phenolic OH excluding ortho intramolecular Hbond substituents is 2. The van der Waals surface area contributed by atoms with Crippen molar-refractivity contribution in [3.63, 3.8) is 0 Å². The first kappa shape index (κ1) is 13.9. The molecule has 3 aromatic carbocycles. The summed E-state index contributed by atoms with van der Waals surface area (Å²) in [6.07, 6.45) is -4.42. The molecular formula is C18H11F3O2. The molecule has 5 heteroatoms. The van der Waals surface area contributed by atoms with Crippen LogP contribution in [0.1, 0.15) is 16.7 Å². The molecule has 0 amide bonds. The second-order valence-corrected chi connectivity index (χ2v) is 5.70. The molecular weight excluding hydrogens is 305 g/mol. The van der Waals surface area contributed by atoms with E-state index in [0.717, 1.165) is 6.07 Å². The Hall–Kier alpha value is -2.69. The molecule has 0 heterocycles. The van der Waals surface area contributed by atoms with Crippen LogP contribution in [0, 0.1) is 0 Å². The number of fused-ring (bicyclic) bond motifs is 4. The normalized spacial score (nSPS) is 13.2. The van der Waals surface area contributed by atoms with Crippen molar-refractivity contribution in [2.45, 2.75) is 12.6 Å². The van der Waals surface area contributed by atoms with Gasteiger partial charge < -0.3 is 10.2 Å². The highest BCUT2D eigenvalue weighted by molar-refractivity contribution is 5.96. The Morgan fingerprint density at radius 3 is 2.26 bits per heavy atom. The van der Waals surface area contributed by atoms with Crippen LogP contribution in [0.15, 0.2) is 42.5 Å². The molecule has 0 spiro atoms. The van der Waals surface area contributed by atoms with Gasteiger partial charge in [0.15, 0.2) is 0 Å². The summed E-state index contributed by atoms with van der Waals surface area (Å²) in [5, 5.41) is 19.6. The van der Waals surface area contributed by atoms with Crippen LogP contribution < -0.4 is 0 Å². The quantitative estimate of drug-likeness (QED) is 0.487. The van der Waals surface area contributed by atoms with Gasteiger partial charge in [0.2, 0.25) is 0 Å². The van der Waals surface area contributed by atoms with Crippen LogP contribution in [0.4, 0.5) is 13.2 Å². The summed E-state index contributed by atoms with van der Waals surface area (Å²) in [6, 6.07) is 10.3. The Morgan fingerprint density at radius 2 is 1.52 bits per heavy atom. The van der Waals surface area contributed by atoms with Gasteiger partial charge >= 0.3 is 6.18 Å². The Kier molecular flexibility index (Phi) is 2.67. The van der Waals surface area contributed by atoms with E-state index in [9.17, 15) is 23.4 Å². The highest BCUT2D eigenvalue weighted by Gasteiger charge is 2.38. The largest absolute Gasteiger partial charge is 0.508 e. The molecule has 0 radical (unpaired) electrons. The second kappa shape index (κ2) is 4.41. The predicted molar refractivity (Wildman–Crippen MR) is 80.5 cm³/mol. The summed E-state index contributed by atoms with van der Waals surface area (Å²) in [5.74, 6) is -0.164. The number of hydrogen-bond donors (Lipinski definition) is 2. The van der Waals surface area contributed by atoms with Crippen molar-refractivity contribution in [1.82, 2.24) is 0 Å². The first-order valence-electron chi connectivity index (χ1n) is 7.02. The van der Waals surface area contributed by atoms with Gasteiger partial charge in [0.1, 0.15) is 11.5 Å². The molecule has 23 heavy (non-hydrogen) atoms. The molecule has 0 aromatic heterocycles. The average Bonchev–Trinajstić information content (AvgIpc) is 2.79. The summed E-state index contributed by atoms with van der Waals surface area (Å²) in [4.78, 5) is 0. The van der Waals surface area contributed by atoms with Gasteiger partial charge in [-0.25, -0.2) is 0 Å². The van der Waals surface area contributed by atoms with Crippen LogP contribution in [0.25, 0.3) is 21.9 Å². The first-order valence-corrected chi connectivity index (χ1v) is 7.02. The zero-order valence-electron chi connectivity index (χ0n) is 11.8. The highest BCUT2D eigenvalue weighted by Crippen LogP contribution is 2.48. The van der Waals surface area contributed by atoms with E-state index in [1.165, 1.54) is 24.3 Å². The summed E-state index contributed by atoms with van der Waals surface area (Å²) < 4.78 is 41.0. The summed E-state index contributed by atoms with van der Waals surface area (Å²) in [7, 11) is 0. The molecule has 4 rings (SSSR count). The van der Waals surface area contributed by atoms with Crippen molar-refractivity contribution < 1.29 is 23.4 Å². The third kappa shape index (κ3) is 2.04. The fourth-order valence-electron chi connectivity index (χ4n) is 3.35. The van der Waals surface area contributed by atoms with Gasteiger partial charge in [0, 0.05) is 0 Å². The van der Waals surface area contributed by atoms with Crippen molar-refractivity contribution in [1.29, 1.82) is 0 Å². The number of halogens is 3. The van der Waals surface area contributed by atoms with Crippen LogP contribution in [-0.2, 0) is 12.6 Å². The zero-order chi connectivity index (χ0) is 16.4. The Labute approximate surface area is 129 Å². The van der Waals surface area contributed by atoms with E-state index in [1.54, 1.807) is 12.1 Å². The van der Waals surface area contributed by atoms with Crippen molar-refractivity contribution in [2.24, 2.45) is 0 Å². The molecule has 116 valence electrons. The fraction of sp³-hybridized carbons (Fsp3) is 0.111. The lowest BCUT2D eigenvalue weighted by molar-refractivity contribution is -0.136. The number of rotatable bonds is 0. The molecule has 0 aliphatic heterocycles. The maximum atomic E-state index is 13.7. The van der Waals surface area contributed by atoms with E-state index in [4.69, 9.17) is 0 Å².